The minimum Gasteiger partial charge on any atom is -0.489 e. The Kier molecular flexibility index (Phi) is 3.04. The van der Waals surface area contributed by atoms with Crippen LogP contribution in [0, 0.1) is 0 Å². The van der Waals surface area contributed by atoms with Crippen LogP contribution in [0.1, 0.15) is 22.8 Å². The molecule has 1 unspecified atom stereocenters. The van der Waals surface area contributed by atoms with Crippen molar-refractivity contribution in [3.05, 3.63) is 23.3 Å². The van der Waals surface area contributed by atoms with E-state index in [0.717, 1.165) is 6.07 Å². The maximum absolute atomic E-state index is 11.7. The highest BCUT2D eigenvalue weighted by Crippen LogP contribution is 2.34. The van der Waals surface area contributed by atoms with Gasteiger partial charge in [0.15, 0.2) is 0 Å². The van der Waals surface area contributed by atoms with Crippen LogP contribution < -0.4 is 9.46 Å². The fraction of sp³-hybridized carbons (Fsp3) is 0.364. The maximum atomic E-state index is 11.7. The molecule has 7 heteroatoms. The highest BCUT2D eigenvalue weighted by atomic mass is 32.2. The molecule has 0 aliphatic carbocycles. The molecule has 1 atom stereocenters. The zero-order chi connectivity index (χ0) is 13.5. The van der Waals surface area contributed by atoms with Crippen LogP contribution in [0.4, 0.5) is 0 Å². The maximum Gasteiger partial charge on any atom is 0.339 e. The van der Waals surface area contributed by atoms with E-state index in [1.165, 1.54) is 13.1 Å². The van der Waals surface area contributed by atoms with Crippen molar-refractivity contribution in [1.29, 1.82) is 0 Å². The fourth-order valence-corrected chi connectivity index (χ4v) is 2.74. The average Bonchev–Trinajstić information content (AvgIpc) is 2.67. The monoisotopic (exact) mass is 271 g/mol. The van der Waals surface area contributed by atoms with Crippen molar-refractivity contribution < 1.29 is 23.1 Å². The number of hydrogen-bond donors (Lipinski definition) is 2. The van der Waals surface area contributed by atoms with Gasteiger partial charge in [-0.25, -0.2) is 17.9 Å². The molecule has 2 N–H and O–H groups in total. The van der Waals surface area contributed by atoms with E-state index in [4.69, 9.17) is 9.84 Å². The summed E-state index contributed by atoms with van der Waals surface area (Å²) in [6.07, 6.45) is 0.355. The van der Waals surface area contributed by atoms with Gasteiger partial charge in [-0.2, -0.15) is 0 Å². The van der Waals surface area contributed by atoms with E-state index < -0.39 is 16.0 Å². The van der Waals surface area contributed by atoms with Crippen LogP contribution in [0.25, 0.3) is 0 Å². The first-order valence-electron chi connectivity index (χ1n) is 5.35. The number of hydrogen-bond acceptors (Lipinski definition) is 4. The van der Waals surface area contributed by atoms with Crippen LogP contribution in [-0.4, -0.2) is 32.6 Å². The van der Waals surface area contributed by atoms with Crippen molar-refractivity contribution in [1.82, 2.24) is 4.72 Å². The summed E-state index contributed by atoms with van der Waals surface area (Å²) in [7, 11) is -2.38. The predicted octanol–water partition coefficient (Wildman–Crippen LogP) is 0.616. The summed E-state index contributed by atoms with van der Waals surface area (Å²) in [5, 5.41) is 9.10. The van der Waals surface area contributed by atoms with Gasteiger partial charge in [0, 0.05) is 12.0 Å². The third-order valence-corrected chi connectivity index (χ3v) is 4.17. The number of ether oxygens (including phenoxy) is 1. The minimum absolute atomic E-state index is 0.0566. The summed E-state index contributed by atoms with van der Waals surface area (Å²) < 4.78 is 31.0. The van der Waals surface area contributed by atoms with Gasteiger partial charge in [-0.3, -0.25) is 0 Å². The van der Waals surface area contributed by atoms with Crippen molar-refractivity contribution in [3.8, 4) is 5.75 Å². The van der Waals surface area contributed by atoms with E-state index in [-0.39, 0.29) is 22.3 Å². The quantitative estimate of drug-likeness (QED) is 0.840. The van der Waals surface area contributed by atoms with Gasteiger partial charge < -0.3 is 9.84 Å². The van der Waals surface area contributed by atoms with Crippen LogP contribution in [0.3, 0.4) is 0 Å². The minimum atomic E-state index is -3.66. The lowest BCUT2D eigenvalue weighted by molar-refractivity contribution is 0.0691. The second-order valence-electron chi connectivity index (χ2n) is 4.10. The number of carboxylic acids is 1. The van der Waals surface area contributed by atoms with Gasteiger partial charge in [0.05, 0.1) is 4.90 Å². The molecule has 2 rings (SSSR count). The topological polar surface area (TPSA) is 92.7 Å². The molecule has 6 nitrogen and oxygen atoms in total. The lowest BCUT2D eigenvalue weighted by Crippen LogP contribution is -2.19. The Morgan fingerprint density at radius 3 is 2.72 bits per heavy atom. The van der Waals surface area contributed by atoms with E-state index in [9.17, 15) is 13.2 Å². The predicted molar refractivity (Wildman–Crippen MR) is 63.4 cm³/mol. The van der Waals surface area contributed by atoms with E-state index in [2.05, 4.69) is 4.72 Å². The molecule has 1 aliphatic rings. The Morgan fingerprint density at radius 2 is 2.17 bits per heavy atom. The number of carboxylic acid groups (broad SMARTS) is 1. The number of sulfonamides is 1. The second kappa shape index (κ2) is 4.25. The Labute approximate surface area is 105 Å². The largest absolute Gasteiger partial charge is 0.489 e. The van der Waals surface area contributed by atoms with Crippen molar-refractivity contribution in [3.63, 3.8) is 0 Å². The van der Waals surface area contributed by atoms with Gasteiger partial charge >= 0.3 is 5.97 Å². The number of benzene rings is 1. The van der Waals surface area contributed by atoms with Gasteiger partial charge in [0.1, 0.15) is 17.4 Å². The van der Waals surface area contributed by atoms with Crippen LogP contribution >= 0.6 is 0 Å². The van der Waals surface area contributed by atoms with Gasteiger partial charge in [-0.1, -0.05) is 0 Å². The summed E-state index contributed by atoms with van der Waals surface area (Å²) in [5.74, 6) is -0.932. The highest BCUT2D eigenvalue weighted by Gasteiger charge is 2.28. The first-order valence-corrected chi connectivity index (χ1v) is 6.84. The number of aromatic carboxylic acids is 1. The lowest BCUT2D eigenvalue weighted by Gasteiger charge is -2.09. The van der Waals surface area contributed by atoms with E-state index >= 15 is 0 Å². The number of rotatable bonds is 3. The molecule has 18 heavy (non-hydrogen) atoms. The van der Waals surface area contributed by atoms with Crippen molar-refractivity contribution in [2.75, 3.05) is 7.05 Å². The lowest BCUT2D eigenvalue weighted by atomic mass is 10.1. The summed E-state index contributed by atoms with van der Waals surface area (Å²) in [6.45, 7) is 1.80. The van der Waals surface area contributed by atoms with Gasteiger partial charge in [-0.05, 0) is 26.1 Å². The Bertz CT molecular complexity index is 608. The number of carbonyl (C=O) groups is 1. The van der Waals surface area contributed by atoms with E-state index in [1.807, 2.05) is 0 Å². The van der Waals surface area contributed by atoms with E-state index in [1.54, 1.807) is 6.92 Å². The zero-order valence-electron chi connectivity index (χ0n) is 9.93. The molecule has 0 fully saturated rings. The molecular weight excluding hydrogens is 258 g/mol. The Morgan fingerprint density at radius 1 is 1.50 bits per heavy atom. The van der Waals surface area contributed by atoms with E-state index in [0.29, 0.717) is 12.0 Å². The first-order chi connectivity index (χ1) is 8.35. The molecule has 98 valence electrons. The molecular formula is C11H13NO5S. The number of nitrogens with one attached hydrogen (secondary N) is 1. The molecule has 1 heterocycles. The summed E-state index contributed by atoms with van der Waals surface area (Å²) >= 11 is 0. The molecule has 0 saturated heterocycles. The summed E-state index contributed by atoms with van der Waals surface area (Å²) in [6, 6.07) is 2.57. The third kappa shape index (κ3) is 2.06. The zero-order valence-corrected chi connectivity index (χ0v) is 10.7. The molecule has 0 radical (unpaired) electrons. The third-order valence-electron chi connectivity index (χ3n) is 2.78. The molecule has 1 aliphatic heterocycles. The molecule has 0 saturated carbocycles. The smallest absolute Gasteiger partial charge is 0.339 e. The Balaban J connectivity index is 2.65. The van der Waals surface area contributed by atoms with Crippen LogP contribution in [0.15, 0.2) is 17.0 Å². The van der Waals surface area contributed by atoms with Crippen LogP contribution in [0.5, 0.6) is 5.75 Å². The SMILES string of the molecule is CNS(=O)(=O)c1cc2c(c(C(=O)O)c1)OC(C)C2. The standard InChI is InChI=1S/C11H13NO5S/c1-6-3-7-4-8(18(15,16)12-2)5-9(11(13)14)10(7)17-6/h4-6,12H,3H2,1-2H3,(H,13,14). The molecule has 0 spiro atoms. The van der Waals surface area contributed by atoms with Crippen molar-refractivity contribution in [2.45, 2.75) is 24.3 Å². The molecule has 0 bridgehead atoms. The highest BCUT2D eigenvalue weighted by molar-refractivity contribution is 7.89. The molecule has 1 aromatic carbocycles. The normalized spacial score (nSPS) is 18.2. The van der Waals surface area contributed by atoms with Crippen molar-refractivity contribution in [2.24, 2.45) is 0 Å². The molecule has 0 aromatic heterocycles. The Hall–Kier alpha value is -1.60. The van der Waals surface area contributed by atoms with Gasteiger partial charge in [-0.15, -0.1) is 0 Å². The van der Waals surface area contributed by atoms with Gasteiger partial charge in [0.25, 0.3) is 0 Å². The summed E-state index contributed by atoms with van der Waals surface area (Å²) in [5.41, 5.74) is 0.488. The second-order valence-corrected chi connectivity index (χ2v) is 5.99. The molecule has 0 amide bonds. The van der Waals surface area contributed by atoms with Crippen molar-refractivity contribution >= 4 is 16.0 Å². The summed E-state index contributed by atoms with van der Waals surface area (Å²) in [4.78, 5) is 11.1. The molecule has 1 aromatic rings. The van der Waals surface area contributed by atoms with Gasteiger partial charge in [0.2, 0.25) is 10.0 Å². The first kappa shape index (κ1) is 12.8. The van der Waals surface area contributed by atoms with Crippen LogP contribution in [-0.2, 0) is 16.4 Å². The number of fused-ring (bicyclic) bond motifs is 1. The fourth-order valence-electron chi connectivity index (χ4n) is 1.93. The average molecular weight is 271 g/mol. The van der Waals surface area contributed by atoms with Crippen LogP contribution in [0.2, 0.25) is 0 Å².